The maximum atomic E-state index is 13.4. The van der Waals surface area contributed by atoms with Gasteiger partial charge in [-0.2, -0.15) is 0 Å². The molecule has 4 aromatic carbocycles. The van der Waals surface area contributed by atoms with Gasteiger partial charge in [0.05, 0.1) is 22.8 Å². The van der Waals surface area contributed by atoms with Crippen LogP contribution in [0, 0.1) is 0 Å². The molecule has 296 valence electrons. The minimum Gasteiger partial charge on any atom is -0.504 e. The van der Waals surface area contributed by atoms with Crippen LogP contribution in [-0.4, -0.2) is 127 Å². The molecule has 1 fully saturated rings. The lowest BCUT2D eigenvalue weighted by Crippen LogP contribution is -2.61. The Labute approximate surface area is 311 Å². The van der Waals surface area contributed by atoms with E-state index in [1.807, 2.05) is 0 Å². The third-order valence-electron chi connectivity index (χ3n) is 8.32. The van der Waals surface area contributed by atoms with Crippen LogP contribution in [0.5, 0.6) is 69.0 Å². The van der Waals surface area contributed by atoms with Crippen molar-refractivity contribution < 1.29 is 105 Å². The lowest BCUT2D eigenvalue weighted by atomic mass is 9.90. The van der Waals surface area contributed by atoms with Gasteiger partial charge in [0.15, 0.2) is 87.0 Å². The molecule has 2 unspecified atom stereocenters. The number of carbonyl (C=O) groups is 4. The SMILES string of the molecule is O=C(C[C@@H]1OC(COC(=O)c2cc(O)c(O)c(O)c2)[C@@H](OC(=O)c2cc(O)c(O)c(O)c2)[C@H](OC(=O)c2cc(O)c(O)c(O)c2)C1O)c1cc(O)c(O)c(O)c1. The second-order valence-electron chi connectivity index (χ2n) is 12.1. The van der Waals surface area contributed by atoms with Crippen LogP contribution >= 0.6 is 0 Å². The van der Waals surface area contributed by atoms with E-state index in [1.165, 1.54) is 0 Å². The summed E-state index contributed by atoms with van der Waals surface area (Å²) in [6.07, 6.45) is -11.0. The van der Waals surface area contributed by atoms with Gasteiger partial charge in [0.2, 0.25) is 0 Å². The first-order valence-electron chi connectivity index (χ1n) is 15.7. The Morgan fingerprint density at radius 1 is 0.464 bits per heavy atom. The van der Waals surface area contributed by atoms with Crippen molar-refractivity contribution in [3.63, 3.8) is 0 Å². The summed E-state index contributed by atoms with van der Waals surface area (Å²) in [6, 6.07) is 5.46. The number of carbonyl (C=O) groups excluding carboxylic acids is 4. The van der Waals surface area contributed by atoms with E-state index in [-0.39, 0.29) is 0 Å². The quantitative estimate of drug-likeness (QED) is 0.0464. The fourth-order valence-electron chi connectivity index (χ4n) is 5.44. The van der Waals surface area contributed by atoms with Gasteiger partial charge in [-0.1, -0.05) is 0 Å². The minimum atomic E-state index is -2.20. The van der Waals surface area contributed by atoms with Crippen molar-refractivity contribution in [3.05, 3.63) is 70.8 Å². The number of hydrogen-bond acceptors (Lipinski definition) is 21. The molecule has 13 N–H and O–H groups in total. The van der Waals surface area contributed by atoms with E-state index >= 15 is 0 Å². The predicted octanol–water partition coefficient (Wildman–Crippen LogP) is 1.16. The summed E-state index contributed by atoms with van der Waals surface area (Å²) in [5, 5.41) is 130. The Morgan fingerprint density at radius 3 is 1.16 bits per heavy atom. The molecule has 1 aliphatic heterocycles. The maximum absolute atomic E-state index is 13.4. The van der Waals surface area contributed by atoms with Crippen LogP contribution in [-0.2, 0) is 18.9 Å². The highest BCUT2D eigenvalue weighted by molar-refractivity contribution is 5.98. The largest absolute Gasteiger partial charge is 0.504 e. The van der Waals surface area contributed by atoms with Gasteiger partial charge in [-0.15, -0.1) is 0 Å². The number of aliphatic hydroxyl groups excluding tert-OH is 1. The second kappa shape index (κ2) is 15.5. The van der Waals surface area contributed by atoms with E-state index in [1.54, 1.807) is 0 Å². The van der Waals surface area contributed by atoms with Crippen LogP contribution in [0.3, 0.4) is 0 Å². The van der Waals surface area contributed by atoms with Gasteiger partial charge in [-0.3, -0.25) is 4.79 Å². The molecule has 21 nitrogen and oxygen atoms in total. The smallest absolute Gasteiger partial charge is 0.338 e. The van der Waals surface area contributed by atoms with Crippen LogP contribution in [0.2, 0.25) is 0 Å². The fourth-order valence-corrected chi connectivity index (χ4v) is 5.44. The summed E-state index contributed by atoms with van der Waals surface area (Å²) in [7, 11) is 0. The summed E-state index contributed by atoms with van der Waals surface area (Å²) in [5.41, 5.74) is -2.30. The molecule has 1 saturated heterocycles. The molecular weight excluding hydrogens is 756 g/mol. The van der Waals surface area contributed by atoms with Gasteiger partial charge >= 0.3 is 17.9 Å². The van der Waals surface area contributed by atoms with Crippen LogP contribution in [0.1, 0.15) is 47.9 Å². The van der Waals surface area contributed by atoms with E-state index in [9.17, 15) is 85.6 Å². The Bertz CT molecular complexity index is 2070. The number of aromatic hydroxyl groups is 12. The van der Waals surface area contributed by atoms with E-state index in [0.717, 1.165) is 12.1 Å². The molecular formula is C35H30O21. The molecule has 0 amide bonds. The Hall–Kier alpha value is -7.52. The number of ketones is 1. The third kappa shape index (κ3) is 8.02. The van der Waals surface area contributed by atoms with Gasteiger partial charge in [0.25, 0.3) is 0 Å². The van der Waals surface area contributed by atoms with Crippen molar-refractivity contribution in [3.8, 4) is 69.0 Å². The average molecular weight is 787 g/mol. The molecule has 21 heteroatoms. The number of esters is 3. The molecule has 0 aromatic heterocycles. The molecule has 1 aliphatic rings. The molecule has 0 spiro atoms. The van der Waals surface area contributed by atoms with E-state index in [2.05, 4.69) is 0 Å². The monoisotopic (exact) mass is 786 g/mol. The summed E-state index contributed by atoms with van der Waals surface area (Å²) >= 11 is 0. The number of rotatable bonds is 10. The van der Waals surface area contributed by atoms with Crippen molar-refractivity contribution in [2.45, 2.75) is 36.9 Å². The number of hydrogen-bond donors (Lipinski definition) is 13. The first kappa shape index (κ1) is 39.7. The van der Waals surface area contributed by atoms with Crippen molar-refractivity contribution in [1.82, 2.24) is 0 Å². The first-order valence-corrected chi connectivity index (χ1v) is 15.7. The van der Waals surface area contributed by atoms with Crippen molar-refractivity contribution in [2.75, 3.05) is 6.61 Å². The average Bonchev–Trinajstić information content (AvgIpc) is 3.14. The van der Waals surface area contributed by atoms with Gasteiger partial charge in [0.1, 0.15) is 18.8 Å². The molecule has 1 heterocycles. The first-order chi connectivity index (χ1) is 26.3. The van der Waals surface area contributed by atoms with E-state index in [0.29, 0.717) is 36.4 Å². The lowest BCUT2D eigenvalue weighted by molar-refractivity contribution is -0.227. The van der Waals surface area contributed by atoms with E-state index < -0.39 is 158 Å². The number of benzene rings is 4. The highest BCUT2D eigenvalue weighted by Gasteiger charge is 2.51. The highest BCUT2D eigenvalue weighted by atomic mass is 16.6. The summed E-state index contributed by atoms with van der Waals surface area (Å²) in [6.45, 7) is -1.03. The molecule has 5 rings (SSSR count). The third-order valence-corrected chi connectivity index (χ3v) is 8.32. The number of Topliss-reactive ketones (excluding diaryl/α,β-unsaturated/α-hetero) is 1. The van der Waals surface area contributed by atoms with Crippen molar-refractivity contribution >= 4 is 23.7 Å². The van der Waals surface area contributed by atoms with Gasteiger partial charge in [-0.05, 0) is 48.5 Å². The van der Waals surface area contributed by atoms with Crippen LogP contribution in [0.4, 0.5) is 0 Å². The molecule has 56 heavy (non-hydrogen) atoms. The number of ether oxygens (including phenoxy) is 4. The summed E-state index contributed by atoms with van der Waals surface area (Å²) in [4.78, 5) is 53.1. The van der Waals surface area contributed by atoms with Gasteiger partial charge in [-0.25, -0.2) is 14.4 Å². The Morgan fingerprint density at radius 2 is 0.786 bits per heavy atom. The standard InChI is InChI=1S/C35H30O21/c36-15(11-1-16(37)26(45)17(38)2-11)9-24-30(49)32(56-35(52)14-7-22(43)29(48)23(44)8-14)31(55-34(51)13-5-20(41)28(47)21(42)6-13)25(54-24)10-53-33(50)12-3-18(39)27(46)19(40)4-12/h1-8,24-25,30-32,37-49H,9-10H2/t24-,25?,30?,31+,32+/m0/s1. The number of aliphatic hydroxyl groups is 1. The Balaban J connectivity index is 1.56. The van der Waals surface area contributed by atoms with Gasteiger partial charge in [0, 0.05) is 12.0 Å². The van der Waals surface area contributed by atoms with E-state index in [4.69, 9.17) is 18.9 Å². The molecule has 4 aromatic rings. The van der Waals surface area contributed by atoms with Crippen molar-refractivity contribution in [2.24, 2.45) is 0 Å². The molecule has 0 bridgehead atoms. The fraction of sp³-hybridized carbons (Fsp3) is 0.200. The predicted molar refractivity (Wildman–Crippen MR) is 178 cm³/mol. The zero-order valence-corrected chi connectivity index (χ0v) is 28.0. The normalized spacial score (nSPS) is 19.1. The summed E-state index contributed by atoms with van der Waals surface area (Å²) in [5.74, 6) is -17.0. The Kier molecular flexibility index (Phi) is 10.9. The second-order valence-corrected chi connectivity index (χ2v) is 12.1. The maximum Gasteiger partial charge on any atom is 0.338 e. The van der Waals surface area contributed by atoms with Crippen LogP contribution in [0.25, 0.3) is 0 Å². The molecule has 5 atom stereocenters. The van der Waals surface area contributed by atoms with Crippen LogP contribution < -0.4 is 0 Å². The zero-order chi connectivity index (χ0) is 41.3. The van der Waals surface area contributed by atoms with Gasteiger partial charge < -0.3 is 85.3 Å². The lowest BCUT2D eigenvalue weighted by Gasteiger charge is -2.43. The van der Waals surface area contributed by atoms with Crippen molar-refractivity contribution in [1.29, 1.82) is 0 Å². The zero-order valence-electron chi connectivity index (χ0n) is 28.0. The molecule has 0 aliphatic carbocycles. The number of phenols is 12. The molecule has 0 saturated carbocycles. The topological polar surface area (TPSA) is 368 Å². The van der Waals surface area contributed by atoms with Crippen LogP contribution in [0.15, 0.2) is 48.5 Å². The highest BCUT2D eigenvalue weighted by Crippen LogP contribution is 2.40. The summed E-state index contributed by atoms with van der Waals surface area (Å²) < 4.78 is 22.0. The number of phenolic OH excluding ortho intramolecular Hbond substituents is 12. The minimum absolute atomic E-state index is 0.437. The molecule has 0 radical (unpaired) electrons.